The summed E-state index contributed by atoms with van der Waals surface area (Å²) in [6.07, 6.45) is 1.86. The van der Waals surface area contributed by atoms with Gasteiger partial charge in [-0.2, -0.15) is 0 Å². The van der Waals surface area contributed by atoms with Crippen LogP contribution in [0.4, 0.5) is 5.69 Å². The Balaban J connectivity index is 2.07. The van der Waals surface area contributed by atoms with Gasteiger partial charge in [-0.05, 0) is 30.7 Å². The Hall–Kier alpha value is -2.89. The van der Waals surface area contributed by atoms with E-state index in [0.29, 0.717) is 16.8 Å². The van der Waals surface area contributed by atoms with Crippen molar-refractivity contribution in [3.05, 3.63) is 108 Å². The molecule has 0 aliphatic rings. The minimum atomic E-state index is -3.80. The summed E-state index contributed by atoms with van der Waals surface area (Å²) in [5.74, 6) is 0. The second kappa shape index (κ2) is 8.00. The van der Waals surface area contributed by atoms with Crippen LogP contribution in [-0.2, 0) is 15.6 Å². The first-order valence-corrected chi connectivity index (χ1v) is 10.4. The Bertz CT molecular complexity index is 1060. The molecule has 0 radical (unpaired) electrons. The van der Waals surface area contributed by atoms with Crippen molar-refractivity contribution in [3.8, 4) is 0 Å². The number of hydrogen-bond donors (Lipinski definition) is 2. The minimum absolute atomic E-state index is 0.167. The predicted molar refractivity (Wildman–Crippen MR) is 113 cm³/mol. The van der Waals surface area contributed by atoms with E-state index in [9.17, 15) is 13.5 Å². The van der Waals surface area contributed by atoms with Gasteiger partial charge in [0.15, 0.2) is 0 Å². The lowest BCUT2D eigenvalue weighted by molar-refractivity contribution is 0.0850. The van der Waals surface area contributed by atoms with Gasteiger partial charge in [0, 0.05) is 12.0 Å². The molecule has 3 aromatic rings. The number of aliphatic hydroxyl groups is 1. The molecule has 0 saturated carbocycles. The number of benzene rings is 3. The number of hydrogen-bond acceptors (Lipinski definition) is 3. The summed E-state index contributed by atoms with van der Waals surface area (Å²) in [6, 6.07) is 22.7. The summed E-state index contributed by atoms with van der Waals surface area (Å²) >= 11 is 0. The summed E-state index contributed by atoms with van der Waals surface area (Å²) in [7, 11) is -3.80. The second-order valence-electron chi connectivity index (χ2n) is 6.68. The van der Waals surface area contributed by atoms with Gasteiger partial charge in [-0.25, -0.2) is 8.42 Å². The fourth-order valence-electron chi connectivity index (χ4n) is 3.16. The number of rotatable bonds is 7. The smallest absolute Gasteiger partial charge is 0.261 e. The van der Waals surface area contributed by atoms with Gasteiger partial charge in [-0.15, -0.1) is 6.58 Å². The highest BCUT2D eigenvalue weighted by Gasteiger charge is 2.33. The van der Waals surface area contributed by atoms with Crippen molar-refractivity contribution in [2.24, 2.45) is 0 Å². The molecule has 0 spiro atoms. The van der Waals surface area contributed by atoms with E-state index in [0.717, 1.165) is 5.56 Å². The maximum atomic E-state index is 12.9. The van der Waals surface area contributed by atoms with Gasteiger partial charge < -0.3 is 5.11 Å². The van der Waals surface area contributed by atoms with Crippen LogP contribution in [0.3, 0.4) is 0 Å². The molecule has 1 unspecified atom stereocenters. The number of sulfonamides is 1. The quantitative estimate of drug-likeness (QED) is 0.576. The summed E-state index contributed by atoms with van der Waals surface area (Å²) in [4.78, 5) is 0.167. The molecule has 4 nitrogen and oxygen atoms in total. The molecule has 0 aliphatic carbocycles. The average molecular weight is 394 g/mol. The van der Waals surface area contributed by atoms with E-state index < -0.39 is 15.6 Å². The maximum absolute atomic E-state index is 12.9. The molecule has 2 N–H and O–H groups in total. The first-order valence-electron chi connectivity index (χ1n) is 8.94. The average Bonchev–Trinajstić information content (AvgIpc) is 2.69. The van der Waals surface area contributed by atoms with E-state index in [1.807, 2.05) is 37.3 Å². The van der Waals surface area contributed by atoms with E-state index in [1.165, 1.54) is 0 Å². The monoisotopic (exact) mass is 393 g/mol. The highest BCUT2D eigenvalue weighted by molar-refractivity contribution is 7.92. The summed E-state index contributed by atoms with van der Waals surface area (Å²) < 4.78 is 28.4. The van der Waals surface area contributed by atoms with Crippen molar-refractivity contribution in [1.82, 2.24) is 0 Å². The van der Waals surface area contributed by atoms with Gasteiger partial charge in [0.1, 0.15) is 5.60 Å². The molecule has 0 fully saturated rings. The van der Waals surface area contributed by atoms with Crippen LogP contribution in [0, 0.1) is 6.92 Å². The zero-order valence-corrected chi connectivity index (χ0v) is 16.5. The third-order valence-electron chi connectivity index (χ3n) is 4.64. The SMILES string of the molecule is C=CCC(O)(c1ccccc1)c1ccccc1NS(=O)(=O)c1ccc(C)cc1. The molecule has 0 aliphatic heterocycles. The molecular formula is C23H23NO3S. The van der Waals surface area contributed by atoms with E-state index in [4.69, 9.17) is 0 Å². The van der Waals surface area contributed by atoms with Crippen LogP contribution in [0.1, 0.15) is 23.1 Å². The van der Waals surface area contributed by atoms with Gasteiger partial charge in [-0.3, -0.25) is 4.72 Å². The molecule has 144 valence electrons. The van der Waals surface area contributed by atoms with Crippen molar-refractivity contribution >= 4 is 15.7 Å². The Labute approximate surface area is 166 Å². The Morgan fingerprint density at radius 3 is 2.21 bits per heavy atom. The third kappa shape index (κ3) is 4.01. The Kier molecular flexibility index (Phi) is 5.68. The lowest BCUT2D eigenvalue weighted by atomic mass is 9.83. The van der Waals surface area contributed by atoms with E-state index >= 15 is 0 Å². The molecule has 5 heteroatoms. The van der Waals surface area contributed by atoms with Crippen LogP contribution >= 0.6 is 0 Å². The number of para-hydroxylation sites is 1. The summed E-state index contributed by atoms with van der Waals surface area (Å²) in [6.45, 7) is 5.66. The van der Waals surface area contributed by atoms with E-state index in [-0.39, 0.29) is 11.3 Å². The topological polar surface area (TPSA) is 66.4 Å². The van der Waals surface area contributed by atoms with Crippen LogP contribution in [0.15, 0.2) is 96.4 Å². The van der Waals surface area contributed by atoms with Gasteiger partial charge >= 0.3 is 0 Å². The number of nitrogens with one attached hydrogen (secondary N) is 1. The molecule has 3 rings (SSSR count). The molecule has 3 aromatic carbocycles. The Morgan fingerprint density at radius 2 is 1.57 bits per heavy atom. The van der Waals surface area contributed by atoms with Gasteiger partial charge in [0.05, 0.1) is 10.6 Å². The van der Waals surface area contributed by atoms with E-state index in [1.54, 1.807) is 54.6 Å². The number of anilines is 1. The molecule has 1 atom stereocenters. The Morgan fingerprint density at radius 1 is 0.964 bits per heavy atom. The highest BCUT2D eigenvalue weighted by atomic mass is 32.2. The zero-order chi connectivity index (χ0) is 20.2. The van der Waals surface area contributed by atoms with Crippen LogP contribution in [0.2, 0.25) is 0 Å². The van der Waals surface area contributed by atoms with Crippen LogP contribution in [0.5, 0.6) is 0 Å². The van der Waals surface area contributed by atoms with Crippen molar-refractivity contribution in [3.63, 3.8) is 0 Å². The van der Waals surface area contributed by atoms with Gasteiger partial charge in [-0.1, -0.05) is 72.3 Å². The maximum Gasteiger partial charge on any atom is 0.261 e. The predicted octanol–water partition coefficient (Wildman–Crippen LogP) is 4.61. The third-order valence-corrected chi connectivity index (χ3v) is 6.02. The standard InChI is InChI=1S/C23H23NO3S/c1-3-17-23(25,19-9-5-4-6-10-19)21-11-7-8-12-22(21)24-28(26,27)20-15-13-18(2)14-16-20/h3-16,24-25H,1,17H2,2H3. The summed E-state index contributed by atoms with van der Waals surface area (Å²) in [5, 5.41) is 11.5. The highest BCUT2D eigenvalue weighted by Crippen LogP contribution is 2.38. The fraction of sp³-hybridized carbons (Fsp3) is 0.130. The molecule has 0 aromatic heterocycles. The van der Waals surface area contributed by atoms with Gasteiger partial charge in [0.25, 0.3) is 10.0 Å². The van der Waals surface area contributed by atoms with Crippen LogP contribution in [-0.4, -0.2) is 13.5 Å². The molecule has 28 heavy (non-hydrogen) atoms. The van der Waals surface area contributed by atoms with Gasteiger partial charge in [0.2, 0.25) is 0 Å². The largest absolute Gasteiger partial charge is 0.380 e. The molecule has 0 amide bonds. The van der Waals surface area contributed by atoms with E-state index in [2.05, 4.69) is 11.3 Å². The fourth-order valence-corrected chi connectivity index (χ4v) is 4.24. The molecule has 0 bridgehead atoms. The normalized spacial score (nSPS) is 13.5. The van der Waals surface area contributed by atoms with Crippen LogP contribution < -0.4 is 4.72 Å². The van der Waals surface area contributed by atoms with Crippen molar-refractivity contribution in [2.45, 2.75) is 23.8 Å². The number of aryl methyl sites for hydroxylation is 1. The first kappa shape index (κ1) is 19.9. The van der Waals surface area contributed by atoms with Crippen molar-refractivity contribution < 1.29 is 13.5 Å². The lowest BCUT2D eigenvalue weighted by Gasteiger charge is -2.30. The second-order valence-corrected chi connectivity index (χ2v) is 8.37. The molecule has 0 heterocycles. The first-order chi connectivity index (χ1) is 13.4. The minimum Gasteiger partial charge on any atom is -0.380 e. The zero-order valence-electron chi connectivity index (χ0n) is 15.7. The van der Waals surface area contributed by atoms with Crippen molar-refractivity contribution in [2.75, 3.05) is 4.72 Å². The lowest BCUT2D eigenvalue weighted by Crippen LogP contribution is -2.28. The molecular weight excluding hydrogens is 370 g/mol. The summed E-state index contributed by atoms with van der Waals surface area (Å²) in [5.41, 5.74) is 1.03. The molecule has 0 saturated heterocycles. The van der Waals surface area contributed by atoms with Crippen molar-refractivity contribution in [1.29, 1.82) is 0 Å². The van der Waals surface area contributed by atoms with Crippen LogP contribution in [0.25, 0.3) is 0 Å².